The Balaban J connectivity index is 1.82. The van der Waals surface area contributed by atoms with Crippen LogP contribution in [0.3, 0.4) is 0 Å². The molecule has 2 heterocycles. The van der Waals surface area contributed by atoms with Crippen molar-refractivity contribution in [2.45, 2.75) is 19.3 Å². The van der Waals surface area contributed by atoms with Crippen LogP contribution in [-0.2, 0) is 10.2 Å². The average Bonchev–Trinajstić information content (AvgIpc) is 2.89. The molecule has 1 saturated heterocycles. The number of carboxylic acid groups (broad SMARTS) is 1. The molecule has 112 valence electrons. The van der Waals surface area contributed by atoms with E-state index >= 15 is 0 Å². The topological polar surface area (TPSA) is 65.5 Å². The fourth-order valence-electron chi connectivity index (χ4n) is 1.90. The van der Waals surface area contributed by atoms with E-state index in [-0.39, 0.29) is 0 Å². The van der Waals surface area contributed by atoms with Gasteiger partial charge in [0.25, 0.3) is 0 Å². The normalized spacial score (nSPS) is 17.1. The van der Waals surface area contributed by atoms with E-state index in [9.17, 15) is 9.90 Å². The molecule has 0 saturated carbocycles. The molecule has 1 aliphatic heterocycles. The number of anilines is 1. The maximum absolute atomic E-state index is 11.2. The number of thioether (sulfide) groups is 1. The second-order valence-electron chi connectivity index (χ2n) is 5.35. The second-order valence-corrected chi connectivity index (χ2v) is 7.43. The number of carboxylic acids is 1. The quantitative estimate of drug-likeness (QED) is 0.837. The zero-order valence-corrected chi connectivity index (χ0v) is 13.5. The number of hydrogen-bond donors (Lipinski definition) is 2. The van der Waals surface area contributed by atoms with Gasteiger partial charge in [0, 0.05) is 43.1 Å². The fraction of sp³-hybridized carbons (Fsp3) is 0.692. The first-order chi connectivity index (χ1) is 9.50. The van der Waals surface area contributed by atoms with E-state index in [0.717, 1.165) is 31.3 Å². The summed E-state index contributed by atoms with van der Waals surface area (Å²) in [6.07, 6.45) is 0. The molecule has 0 amide bonds. The maximum atomic E-state index is 11.2. The number of carbonyl (C=O) groups is 1. The zero-order chi connectivity index (χ0) is 14.6. The minimum atomic E-state index is -0.930. The molecule has 0 radical (unpaired) electrons. The van der Waals surface area contributed by atoms with Gasteiger partial charge in [-0.25, -0.2) is 4.98 Å². The SMILES string of the molecule is CC(C)(C(=O)O)c1csc(NCCN2CCSCC2)n1. The van der Waals surface area contributed by atoms with Crippen LogP contribution in [0.15, 0.2) is 5.38 Å². The van der Waals surface area contributed by atoms with Crippen LogP contribution < -0.4 is 5.32 Å². The lowest BCUT2D eigenvalue weighted by molar-refractivity contribution is -0.142. The molecule has 1 aromatic rings. The van der Waals surface area contributed by atoms with Crippen LogP contribution >= 0.6 is 23.1 Å². The summed E-state index contributed by atoms with van der Waals surface area (Å²) < 4.78 is 0. The summed E-state index contributed by atoms with van der Waals surface area (Å²) in [6.45, 7) is 7.53. The van der Waals surface area contributed by atoms with Crippen LogP contribution in [0, 0.1) is 0 Å². The van der Waals surface area contributed by atoms with Gasteiger partial charge < -0.3 is 10.4 Å². The molecule has 2 rings (SSSR count). The van der Waals surface area contributed by atoms with Crippen LogP contribution in [0.4, 0.5) is 5.13 Å². The van der Waals surface area contributed by atoms with Crippen molar-refractivity contribution >= 4 is 34.2 Å². The lowest BCUT2D eigenvalue weighted by atomic mass is 9.90. The summed E-state index contributed by atoms with van der Waals surface area (Å²) in [5.41, 5.74) is -0.313. The molecule has 5 nitrogen and oxygen atoms in total. The van der Waals surface area contributed by atoms with Gasteiger partial charge >= 0.3 is 5.97 Å². The fourth-order valence-corrected chi connectivity index (χ4v) is 3.78. The minimum absolute atomic E-state index is 0.617. The molecule has 1 fully saturated rings. The van der Waals surface area contributed by atoms with Gasteiger partial charge in [-0.3, -0.25) is 9.69 Å². The number of nitrogens with zero attached hydrogens (tertiary/aromatic N) is 2. The van der Waals surface area contributed by atoms with Crippen molar-refractivity contribution in [2.75, 3.05) is 43.0 Å². The number of thiazole rings is 1. The van der Waals surface area contributed by atoms with Gasteiger partial charge in [0.15, 0.2) is 5.13 Å². The van der Waals surface area contributed by atoms with Gasteiger partial charge in [-0.1, -0.05) is 0 Å². The highest BCUT2D eigenvalue weighted by Crippen LogP contribution is 2.27. The van der Waals surface area contributed by atoms with E-state index in [1.807, 2.05) is 17.1 Å². The predicted octanol–water partition coefficient (Wildman–Crippen LogP) is 1.97. The standard InChI is InChI=1S/C13H21N3O2S2/c1-13(2,11(17)18)10-9-20-12(15-10)14-3-4-16-5-7-19-8-6-16/h9H,3-8H2,1-2H3,(H,14,15)(H,17,18). The van der Waals surface area contributed by atoms with Crippen molar-refractivity contribution in [3.05, 3.63) is 11.1 Å². The van der Waals surface area contributed by atoms with Gasteiger partial charge in [0.2, 0.25) is 0 Å². The lowest BCUT2D eigenvalue weighted by Gasteiger charge is -2.25. The Morgan fingerprint density at radius 1 is 1.50 bits per heavy atom. The monoisotopic (exact) mass is 315 g/mol. The molecule has 2 N–H and O–H groups in total. The highest BCUT2D eigenvalue weighted by Gasteiger charge is 2.32. The van der Waals surface area contributed by atoms with E-state index in [2.05, 4.69) is 15.2 Å². The Morgan fingerprint density at radius 2 is 2.20 bits per heavy atom. The summed E-state index contributed by atoms with van der Waals surface area (Å²) in [7, 11) is 0. The van der Waals surface area contributed by atoms with E-state index < -0.39 is 11.4 Å². The molecule has 0 spiro atoms. The van der Waals surface area contributed by atoms with Crippen LogP contribution in [0.1, 0.15) is 19.5 Å². The zero-order valence-electron chi connectivity index (χ0n) is 11.9. The van der Waals surface area contributed by atoms with Crippen LogP contribution in [-0.4, -0.2) is 58.6 Å². The van der Waals surface area contributed by atoms with Crippen molar-refractivity contribution in [3.63, 3.8) is 0 Å². The molecule has 0 aliphatic carbocycles. The van der Waals surface area contributed by atoms with E-state index in [0.29, 0.717) is 5.69 Å². The van der Waals surface area contributed by atoms with Crippen molar-refractivity contribution in [1.29, 1.82) is 0 Å². The second kappa shape index (κ2) is 6.78. The minimum Gasteiger partial charge on any atom is -0.481 e. The average molecular weight is 315 g/mol. The van der Waals surface area contributed by atoms with Crippen LogP contribution in [0.2, 0.25) is 0 Å². The van der Waals surface area contributed by atoms with E-state index in [4.69, 9.17) is 0 Å². The number of aromatic nitrogens is 1. The highest BCUT2D eigenvalue weighted by molar-refractivity contribution is 7.99. The number of nitrogens with one attached hydrogen (secondary N) is 1. The van der Waals surface area contributed by atoms with E-state index in [1.54, 1.807) is 13.8 Å². The molecule has 0 bridgehead atoms. The molecule has 0 unspecified atom stereocenters. The third-order valence-electron chi connectivity index (χ3n) is 3.49. The number of aliphatic carboxylic acids is 1. The highest BCUT2D eigenvalue weighted by atomic mass is 32.2. The van der Waals surface area contributed by atoms with Crippen LogP contribution in [0.25, 0.3) is 0 Å². The summed E-state index contributed by atoms with van der Waals surface area (Å²) in [5, 5.41) is 15.1. The predicted molar refractivity (Wildman–Crippen MR) is 85.0 cm³/mol. The number of hydrogen-bond acceptors (Lipinski definition) is 6. The summed E-state index contributed by atoms with van der Waals surface area (Å²) in [5.74, 6) is 1.59. The Labute approximate surface area is 127 Å². The van der Waals surface area contributed by atoms with Crippen molar-refractivity contribution in [3.8, 4) is 0 Å². The largest absolute Gasteiger partial charge is 0.481 e. The van der Waals surface area contributed by atoms with Crippen molar-refractivity contribution in [1.82, 2.24) is 9.88 Å². The Hall–Kier alpha value is -0.790. The van der Waals surface area contributed by atoms with Gasteiger partial charge in [-0.05, 0) is 13.8 Å². The third-order valence-corrected chi connectivity index (χ3v) is 5.23. The Morgan fingerprint density at radius 3 is 2.85 bits per heavy atom. The first-order valence-electron chi connectivity index (χ1n) is 6.73. The molecule has 0 aromatic carbocycles. The van der Waals surface area contributed by atoms with Crippen molar-refractivity contribution < 1.29 is 9.90 Å². The molecule has 20 heavy (non-hydrogen) atoms. The van der Waals surface area contributed by atoms with Gasteiger partial charge in [-0.2, -0.15) is 11.8 Å². The molecule has 7 heteroatoms. The molecule has 0 atom stereocenters. The summed E-state index contributed by atoms with van der Waals surface area (Å²) in [6, 6.07) is 0. The first kappa shape index (κ1) is 15.6. The summed E-state index contributed by atoms with van der Waals surface area (Å²) in [4.78, 5) is 18.0. The maximum Gasteiger partial charge on any atom is 0.315 e. The van der Waals surface area contributed by atoms with Gasteiger partial charge in [0.1, 0.15) is 5.41 Å². The Kier molecular flexibility index (Phi) is 5.29. The summed E-state index contributed by atoms with van der Waals surface area (Å²) >= 11 is 3.48. The third kappa shape index (κ3) is 3.86. The van der Waals surface area contributed by atoms with Gasteiger partial charge in [-0.15, -0.1) is 11.3 Å². The molecular weight excluding hydrogens is 294 g/mol. The molecule has 1 aliphatic rings. The van der Waals surface area contributed by atoms with Gasteiger partial charge in [0.05, 0.1) is 5.69 Å². The smallest absolute Gasteiger partial charge is 0.315 e. The first-order valence-corrected chi connectivity index (χ1v) is 8.77. The van der Waals surface area contributed by atoms with Crippen LogP contribution in [0.5, 0.6) is 0 Å². The Bertz CT molecular complexity index is 456. The molecular formula is C13H21N3O2S2. The van der Waals surface area contributed by atoms with Crippen molar-refractivity contribution in [2.24, 2.45) is 0 Å². The number of rotatable bonds is 6. The molecule has 1 aromatic heterocycles. The van der Waals surface area contributed by atoms with E-state index in [1.165, 1.54) is 22.8 Å². The lowest BCUT2D eigenvalue weighted by Crippen LogP contribution is -2.36.